The second-order valence-corrected chi connectivity index (χ2v) is 4.75. The number of hydrogen-bond donors (Lipinski definition) is 1. The number of carbonyl (C=O) groups is 1. The molecule has 0 saturated carbocycles. The Hall–Kier alpha value is -1.55. The van der Waals surface area contributed by atoms with Crippen molar-refractivity contribution in [3.05, 3.63) is 34.9 Å². The van der Waals surface area contributed by atoms with Crippen molar-refractivity contribution >= 4 is 23.1 Å². The minimum absolute atomic E-state index is 0.233. The molecule has 90 valence electrons. The molecule has 2 heterocycles. The zero-order valence-corrected chi connectivity index (χ0v) is 10.4. The van der Waals surface area contributed by atoms with Crippen LogP contribution in [0.15, 0.2) is 18.3 Å². The highest BCUT2D eigenvalue weighted by Crippen LogP contribution is 2.21. The summed E-state index contributed by atoms with van der Waals surface area (Å²) in [4.78, 5) is 15.2. The number of hydrogen-bond acceptors (Lipinski definition) is 2. The molecule has 0 aliphatic carbocycles. The van der Waals surface area contributed by atoms with Crippen LogP contribution in [0.1, 0.15) is 30.0 Å². The minimum atomic E-state index is -0.952. The van der Waals surface area contributed by atoms with Gasteiger partial charge < -0.3 is 9.51 Å². The second kappa shape index (κ2) is 4.37. The Morgan fingerprint density at radius 1 is 1.53 bits per heavy atom. The van der Waals surface area contributed by atoms with Crippen molar-refractivity contribution < 1.29 is 9.90 Å². The summed E-state index contributed by atoms with van der Waals surface area (Å²) in [5.74, 6) is 0.278. The van der Waals surface area contributed by atoms with Crippen LogP contribution in [0.5, 0.6) is 0 Å². The highest BCUT2D eigenvalue weighted by atomic mass is 35.5. The Morgan fingerprint density at radius 2 is 2.24 bits per heavy atom. The number of pyridine rings is 1. The molecule has 0 atom stereocenters. The Balaban J connectivity index is 2.60. The molecule has 5 heteroatoms. The lowest BCUT2D eigenvalue weighted by Crippen LogP contribution is -2.03. The highest BCUT2D eigenvalue weighted by molar-refractivity contribution is 6.32. The highest BCUT2D eigenvalue weighted by Gasteiger charge is 2.12. The lowest BCUT2D eigenvalue weighted by molar-refractivity contribution is 0.0696. The number of carboxylic acid groups (broad SMARTS) is 1. The molecule has 4 nitrogen and oxygen atoms in total. The number of imidazole rings is 1. The van der Waals surface area contributed by atoms with Crippen LogP contribution < -0.4 is 0 Å². The van der Waals surface area contributed by atoms with Crippen molar-refractivity contribution in [3.8, 4) is 0 Å². The van der Waals surface area contributed by atoms with Gasteiger partial charge in [0.15, 0.2) is 5.15 Å². The second-order valence-electron chi connectivity index (χ2n) is 4.39. The maximum Gasteiger partial charge on any atom is 0.337 e. The van der Waals surface area contributed by atoms with E-state index < -0.39 is 5.97 Å². The van der Waals surface area contributed by atoms with Gasteiger partial charge in [-0.3, -0.25) is 0 Å². The number of nitrogens with zero attached hydrogens (tertiary/aromatic N) is 2. The van der Waals surface area contributed by atoms with Gasteiger partial charge in [0.2, 0.25) is 0 Å². The van der Waals surface area contributed by atoms with Gasteiger partial charge >= 0.3 is 5.97 Å². The fourth-order valence-corrected chi connectivity index (χ4v) is 1.99. The van der Waals surface area contributed by atoms with E-state index in [1.807, 2.05) is 0 Å². The first-order chi connectivity index (χ1) is 7.99. The number of aromatic nitrogens is 2. The Labute approximate surface area is 104 Å². The maximum atomic E-state index is 10.9. The van der Waals surface area contributed by atoms with Crippen LogP contribution >= 0.6 is 11.6 Å². The normalized spacial score (nSPS) is 11.3. The van der Waals surface area contributed by atoms with E-state index in [1.165, 1.54) is 6.07 Å². The summed E-state index contributed by atoms with van der Waals surface area (Å²) in [6.07, 6.45) is 2.32. The predicted octanol–water partition coefficient (Wildman–Crippen LogP) is 2.88. The molecule has 0 unspecified atom stereocenters. The summed E-state index contributed by atoms with van der Waals surface area (Å²) >= 11 is 6.01. The van der Waals surface area contributed by atoms with Crippen molar-refractivity contribution in [2.75, 3.05) is 0 Å². The standard InChI is InChI=1S/C12H13ClN2O2/c1-7(2)5-10-14-11(13)9-4-3-8(12(16)17)6-15(9)10/h3-4,6-7H,5H2,1-2H3,(H,16,17). The molecule has 0 aliphatic heterocycles. The number of halogens is 1. The molecule has 0 bridgehead atoms. The van der Waals surface area contributed by atoms with Gasteiger partial charge in [0.1, 0.15) is 5.82 Å². The minimum Gasteiger partial charge on any atom is -0.478 e. The molecule has 2 aromatic rings. The number of fused-ring (bicyclic) bond motifs is 1. The molecule has 17 heavy (non-hydrogen) atoms. The van der Waals surface area contributed by atoms with Gasteiger partial charge in [-0.05, 0) is 18.1 Å². The molecule has 1 N–H and O–H groups in total. The molecule has 0 fully saturated rings. The van der Waals surface area contributed by atoms with E-state index in [2.05, 4.69) is 18.8 Å². The van der Waals surface area contributed by atoms with Crippen LogP contribution in [0.25, 0.3) is 5.52 Å². The first kappa shape index (κ1) is 11.9. The van der Waals surface area contributed by atoms with E-state index in [1.54, 1.807) is 16.7 Å². The largest absolute Gasteiger partial charge is 0.478 e. The van der Waals surface area contributed by atoms with Gasteiger partial charge in [0.05, 0.1) is 11.1 Å². The van der Waals surface area contributed by atoms with Crippen LogP contribution in [0.2, 0.25) is 5.15 Å². The van der Waals surface area contributed by atoms with E-state index in [0.717, 1.165) is 17.8 Å². The number of aromatic carboxylic acids is 1. The Morgan fingerprint density at radius 3 is 2.82 bits per heavy atom. The first-order valence-electron chi connectivity index (χ1n) is 5.39. The topological polar surface area (TPSA) is 54.6 Å². The van der Waals surface area contributed by atoms with Gasteiger partial charge in [0, 0.05) is 12.6 Å². The summed E-state index contributed by atoms with van der Waals surface area (Å²) in [6, 6.07) is 3.22. The van der Waals surface area contributed by atoms with Crippen molar-refractivity contribution in [2.45, 2.75) is 20.3 Å². The molecular weight excluding hydrogens is 240 g/mol. The van der Waals surface area contributed by atoms with Crippen molar-refractivity contribution in [2.24, 2.45) is 5.92 Å². The number of carboxylic acids is 1. The lowest BCUT2D eigenvalue weighted by Gasteiger charge is -2.04. The van der Waals surface area contributed by atoms with Crippen molar-refractivity contribution in [3.63, 3.8) is 0 Å². The van der Waals surface area contributed by atoms with Gasteiger partial charge in [0.25, 0.3) is 0 Å². The van der Waals surface area contributed by atoms with Crippen LogP contribution in [-0.4, -0.2) is 20.5 Å². The third-order valence-corrected chi connectivity index (χ3v) is 2.78. The Bertz CT molecular complexity index is 575. The van der Waals surface area contributed by atoms with Crippen LogP contribution in [-0.2, 0) is 6.42 Å². The zero-order valence-electron chi connectivity index (χ0n) is 9.64. The first-order valence-corrected chi connectivity index (χ1v) is 5.76. The van der Waals surface area contributed by atoms with E-state index >= 15 is 0 Å². The molecule has 0 aliphatic rings. The van der Waals surface area contributed by atoms with Gasteiger partial charge in [-0.15, -0.1) is 0 Å². The van der Waals surface area contributed by atoms with Crippen molar-refractivity contribution in [1.82, 2.24) is 9.38 Å². The fourth-order valence-electron chi connectivity index (χ4n) is 1.74. The van der Waals surface area contributed by atoms with Crippen LogP contribution in [0, 0.1) is 5.92 Å². The average molecular weight is 253 g/mol. The van der Waals surface area contributed by atoms with Crippen LogP contribution in [0.4, 0.5) is 0 Å². The molecule has 0 saturated heterocycles. The zero-order chi connectivity index (χ0) is 12.6. The van der Waals surface area contributed by atoms with E-state index in [9.17, 15) is 4.79 Å². The summed E-state index contributed by atoms with van der Waals surface area (Å²) in [5, 5.41) is 9.37. The Kier molecular flexibility index (Phi) is 3.07. The number of rotatable bonds is 3. The van der Waals surface area contributed by atoms with E-state index in [4.69, 9.17) is 16.7 Å². The van der Waals surface area contributed by atoms with Gasteiger partial charge in [-0.25, -0.2) is 9.78 Å². The van der Waals surface area contributed by atoms with Gasteiger partial charge in [-0.2, -0.15) is 0 Å². The van der Waals surface area contributed by atoms with Crippen molar-refractivity contribution in [1.29, 1.82) is 0 Å². The molecule has 0 aromatic carbocycles. The van der Waals surface area contributed by atoms with Crippen LogP contribution in [0.3, 0.4) is 0 Å². The smallest absolute Gasteiger partial charge is 0.337 e. The van der Waals surface area contributed by atoms with Gasteiger partial charge in [-0.1, -0.05) is 25.4 Å². The predicted molar refractivity (Wildman–Crippen MR) is 65.7 cm³/mol. The summed E-state index contributed by atoms with van der Waals surface area (Å²) in [7, 11) is 0. The van der Waals surface area contributed by atoms with E-state index in [-0.39, 0.29) is 5.56 Å². The fraction of sp³-hybridized carbons (Fsp3) is 0.333. The quantitative estimate of drug-likeness (QED) is 0.914. The molecule has 2 aromatic heterocycles. The summed E-state index contributed by atoms with van der Waals surface area (Å²) < 4.78 is 1.76. The molecule has 2 rings (SSSR count). The van der Waals surface area contributed by atoms with E-state index in [0.29, 0.717) is 11.1 Å². The third kappa shape index (κ3) is 2.26. The molecule has 0 amide bonds. The molecule has 0 spiro atoms. The SMILES string of the molecule is CC(C)Cc1nc(Cl)c2ccc(C(=O)O)cn12. The third-order valence-electron chi connectivity index (χ3n) is 2.50. The monoisotopic (exact) mass is 252 g/mol. The molecular formula is C12H13ClN2O2. The summed E-state index contributed by atoms with van der Waals surface area (Å²) in [5.41, 5.74) is 0.976. The lowest BCUT2D eigenvalue weighted by atomic mass is 10.1. The average Bonchev–Trinajstić information content (AvgIpc) is 2.54. The maximum absolute atomic E-state index is 10.9. The summed E-state index contributed by atoms with van der Waals surface area (Å²) in [6.45, 7) is 4.16. The molecule has 0 radical (unpaired) electrons.